The summed E-state index contributed by atoms with van der Waals surface area (Å²) in [5.74, 6) is 0.985. The van der Waals surface area contributed by atoms with E-state index in [-0.39, 0.29) is 5.91 Å². The smallest absolute Gasteiger partial charge is 0.253 e. The maximum absolute atomic E-state index is 12.5. The summed E-state index contributed by atoms with van der Waals surface area (Å²) in [5.41, 5.74) is -0.210. The highest BCUT2D eigenvalue weighted by Crippen LogP contribution is 2.31. The summed E-state index contributed by atoms with van der Waals surface area (Å²) in [7, 11) is 4.81. The molecular formula is C16H23NO4. The molecular weight excluding hydrogens is 270 g/mol. The van der Waals surface area contributed by atoms with Crippen LogP contribution in [0.1, 0.15) is 36.0 Å². The number of nitrogens with zero attached hydrogens (tertiary/aromatic N) is 1. The maximum atomic E-state index is 12.5. The van der Waals surface area contributed by atoms with Gasteiger partial charge in [-0.15, -0.1) is 0 Å². The molecule has 1 amide bonds. The standard InChI is InChI=1S/C16H23NO4/c1-17(11-16(19)8-4-5-9-16)15(18)12-6-7-13(20-2)14(10-12)21-3/h6-7,10,19H,4-5,8-9,11H2,1-3H3. The first-order valence-corrected chi connectivity index (χ1v) is 7.19. The number of rotatable bonds is 5. The molecule has 0 radical (unpaired) electrons. The maximum Gasteiger partial charge on any atom is 0.253 e. The van der Waals surface area contributed by atoms with Gasteiger partial charge in [-0.1, -0.05) is 12.8 Å². The van der Waals surface area contributed by atoms with E-state index in [1.54, 1.807) is 37.3 Å². The fourth-order valence-corrected chi connectivity index (χ4v) is 2.89. The minimum atomic E-state index is -0.735. The molecule has 0 spiro atoms. The van der Waals surface area contributed by atoms with Crippen LogP contribution in [0.25, 0.3) is 0 Å². The fraction of sp³-hybridized carbons (Fsp3) is 0.562. The number of hydrogen-bond acceptors (Lipinski definition) is 4. The molecule has 1 fully saturated rings. The van der Waals surface area contributed by atoms with Gasteiger partial charge in [0.05, 0.1) is 19.8 Å². The zero-order valence-corrected chi connectivity index (χ0v) is 12.9. The number of amides is 1. The van der Waals surface area contributed by atoms with Crippen molar-refractivity contribution in [2.24, 2.45) is 0 Å². The van der Waals surface area contributed by atoms with Crippen LogP contribution in [0.3, 0.4) is 0 Å². The van der Waals surface area contributed by atoms with Crippen LogP contribution >= 0.6 is 0 Å². The van der Waals surface area contributed by atoms with Crippen molar-refractivity contribution in [3.05, 3.63) is 23.8 Å². The van der Waals surface area contributed by atoms with E-state index in [0.717, 1.165) is 25.7 Å². The molecule has 1 aliphatic rings. The minimum Gasteiger partial charge on any atom is -0.493 e. The Morgan fingerprint density at radius 2 is 1.86 bits per heavy atom. The van der Waals surface area contributed by atoms with Crippen molar-refractivity contribution in [2.45, 2.75) is 31.3 Å². The van der Waals surface area contributed by atoms with Crippen LogP contribution in [-0.2, 0) is 0 Å². The van der Waals surface area contributed by atoms with Crippen LogP contribution in [0.4, 0.5) is 0 Å². The van der Waals surface area contributed by atoms with Crippen molar-refractivity contribution in [1.82, 2.24) is 4.90 Å². The molecule has 1 saturated carbocycles. The molecule has 21 heavy (non-hydrogen) atoms. The van der Waals surface area contributed by atoms with Crippen molar-refractivity contribution in [3.8, 4) is 11.5 Å². The van der Waals surface area contributed by atoms with E-state index < -0.39 is 5.60 Å². The Labute approximate surface area is 125 Å². The third-order valence-corrected chi connectivity index (χ3v) is 4.04. The van der Waals surface area contributed by atoms with Crippen molar-refractivity contribution >= 4 is 5.91 Å². The molecule has 0 aromatic heterocycles. The third-order valence-electron chi connectivity index (χ3n) is 4.04. The van der Waals surface area contributed by atoms with Crippen molar-refractivity contribution in [1.29, 1.82) is 0 Å². The summed E-state index contributed by atoms with van der Waals surface area (Å²) >= 11 is 0. The van der Waals surface area contributed by atoms with Crippen molar-refractivity contribution in [2.75, 3.05) is 27.8 Å². The molecule has 0 atom stereocenters. The first-order chi connectivity index (χ1) is 9.99. The number of ether oxygens (including phenoxy) is 2. The van der Waals surface area contributed by atoms with Crippen LogP contribution < -0.4 is 9.47 Å². The number of aliphatic hydroxyl groups is 1. The van der Waals surface area contributed by atoms with Gasteiger partial charge in [0.2, 0.25) is 0 Å². The van der Waals surface area contributed by atoms with Gasteiger partial charge in [-0.2, -0.15) is 0 Å². The Kier molecular flexibility index (Phi) is 4.73. The van der Waals surface area contributed by atoms with E-state index in [9.17, 15) is 9.90 Å². The van der Waals surface area contributed by atoms with Crippen LogP contribution in [0.15, 0.2) is 18.2 Å². The van der Waals surface area contributed by atoms with Crippen LogP contribution in [0, 0.1) is 0 Å². The van der Waals surface area contributed by atoms with Gasteiger partial charge in [-0.25, -0.2) is 0 Å². The largest absolute Gasteiger partial charge is 0.493 e. The summed E-state index contributed by atoms with van der Waals surface area (Å²) in [4.78, 5) is 14.0. The second kappa shape index (κ2) is 6.35. The van der Waals surface area contributed by atoms with Gasteiger partial charge in [0, 0.05) is 19.2 Å². The Bertz CT molecular complexity index is 509. The predicted molar refractivity (Wildman–Crippen MR) is 79.9 cm³/mol. The molecule has 5 heteroatoms. The van der Waals surface area contributed by atoms with E-state index >= 15 is 0 Å². The number of hydrogen-bond donors (Lipinski definition) is 1. The summed E-state index contributed by atoms with van der Waals surface area (Å²) < 4.78 is 10.4. The number of likely N-dealkylation sites (N-methyl/N-ethyl adjacent to an activating group) is 1. The molecule has 0 bridgehead atoms. The Hall–Kier alpha value is -1.75. The topological polar surface area (TPSA) is 59.0 Å². The number of methoxy groups -OCH3 is 2. The normalized spacial score (nSPS) is 16.6. The highest BCUT2D eigenvalue weighted by atomic mass is 16.5. The molecule has 0 heterocycles. The summed E-state index contributed by atoms with van der Waals surface area (Å²) in [6.45, 7) is 0.361. The molecule has 1 N–H and O–H groups in total. The number of carbonyl (C=O) groups excluding carboxylic acids is 1. The van der Waals surface area contributed by atoms with E-state index in [4.69, 9.17) is 9.47 Å². The Morgan fingerprint density at radius 3 is 2.43 bits per heavy atom. The number of benzene rings is 1. The molecule has 1 aliphatic carbocycles. The molecule has 1 aromatic carbocycles. The molecule has 0 unspecified atom stereocenters. The van der Waals surface area contributed by atoms with Gasteiger partial charge in [-0.3, -0.25) is 4.79 Å². The van der Waals surface area contributed by atoms with Crippen LogP contribution in [-0.4, -0.2) is 49.3 Å². The predicted octanol–water partition coefficient (Wildman–Crippen LogP) is 2.08. The van der Waals surface area contributed by atoms with Gasteiger partial charge in [0.1, 0.15) is 0 Å². The second-order valence-electron chi connectivity index (χ2n) is 5.66. The summed E-state index contributed by atoms with van der Waals surface area (Å²) in [6.07, 6.45) is 3.57. The molecule has 116 valence electrons. The van der Waals surface area contributed by atoms with Gasteiger partial charge in [0.25, 0.3) is 5.91 Å². The molecule has 1 aromatic rings. The lowest BCUT2D eigenvalue weighted by Gasteiger charge is -2.28. The lowest BCUT2D eigenvalue weighted by Crippen LogP contribution is -2.42. The van der Waals surface area contributed by atoms with Gasteiger partial charge in [0.15, 0.2) is 11.5 Å². The fourth-order valence-electron chi connectivity index (χ4n) is 2.89. The van der Waals surface area contributed by atoms with Crippen LogP contribution in [0.5, 0.6) is 11.5 Å². The molecule has 5 nitrogen and oxygen atoms in total. The molecule has 0 aliphatic heterocycles. The second-order valence-corrected chi connectivity index (χ2v) is 5.66. The van der Waals surface area contributed by atoms with E-state index in [0.29, 0.717) is 23.6 Å². The van der Waals surface area contributed by atoms with E-state index in [1.165, 1.54) is 7.11 Å². The van der Waals surface area contributed by atoms with Crippen molar-refractivity contribution in [3.63, 3.8) is 0 Å². The first kappa shape index (κ1) is 15.6. The third kappa shape index (κ3) is 3.47. The molecule has 0 saturated heterocycles. The van der Waals surface area contributed by atoms with Crippen molar-refractivity contribution < 1.29 is 19.4 Å². The lowest BCUT2D eigenvalue weighted by atomic mass is 10.0. The summed E-state index contributed by atoms with van der Waals surface area (Å²) in [6, 6.07) is 5.08. The van der Waals surface area contributed by atoms with Gasteiger partial charge < -0.3 is 19.5 Å². The monoisotopic (exact) mass is 293 g/mol. The van der Waals surface area contributed by atoms with E-state index in [1.807, 2.05) is 0 Å². The summed E-state index contributed by atoms with van der Waals surface area (Å²) in [5, 5.41) is 10.4. The SMILES string of the molecule is COc1ccc(C(=O)N(C)CC2(O)CCCC2)cc1OC. The van der Waals surface area contributed by atoms with Gasteiger partial charge >= 0.3 is 0 Å². The van der Waals surface area contributed by atoms with Gasteiger partial charge in [-0.05, 0) is 31.0 Å². The van der Waals surface area contributed by atoms with E-state index in [2.05, 4.69) is 0 Å². The highest BCUT2D eigenvalue weighted by Gasteiger charge is 2.33. The average Bonchev–Trinajstić information content (AvgIpc) is 2.91. The highest BCUT2D eigenvalue weighted by molar-refractivity contribution is 5.94. The lowest BCUT2D eigenvalue weighted by molar-refractivity contribution is 0.0156. The zero-order chi connectivity index (χ0) is 15.5. The Morgan fingerprint density at radius 1 is 1.24 bits per heavy atom. The number of carbonyl (C=O) groups is 1. The minimum absolute atomic E-state index is 0.128. The first-order valence-electron chi connectivity index (χ1n) is 7.19. The Balaban J connectivity index is 2.11. The average molecular weight is 293 g/mol. The molecule has 2 rings (SSSR count). The quantitative estimate of drug-likeness (QED) is 0.903. The van der Waals surface area contributed by atoms with Crippen LogP contribution in [0.2, 0.25) is 0 Å². The zero-order valence-electron chi connectivity index (χ0n) is 12.9.